The van der Waals surface area contributed by atoms with Gasteiger partial charge in [-0.1, -0.05) is 0 Å². The van der Waals surface area contributed by atoms with E-state index in [1.165, 1.54) is 4.68 Å². The predicted molar refractivity (Wildman–Crippen MR) is 44.3 cm³/mol. The Morgan fingerprint density at radius 1 is 1.67 bits per heavy atom. The highest BCUT2D eigenvalue weighted by molar-refractivity contribution is 5.85. The number of aromatic carboxylic acids is 1. The quantitative estimate of drug-likeness (QED) is 0.727. The van der Waals surface area contributed by atoms with Crippen molar-refractivity contribution in [2.45, 2.75) is 26.8 Å². The van der Waals surface area contributed by atoms with E-state index in [-0.39, 0.29) is 11.7 Å². The third kappa shape index (κ3) is 1.47. The lowest BCUT2D eigenvalue weighted by Crippen LogP contribution is -2.11. The van der Waals surface area contributed by atoms with Gasteiger partial charge in [-0.25, -0.2) is 4.79 Å². The Labute approximate surface area is 70.8 Å². The first-order chi connectivity index (χ1) is 5.52. The van der Waals surface area contributed by atoms with Gasteiger partial charge < -0.3 is 5.11 Å². The van der Waals surface area contributed by atoms with Crippen molar-refractivity contribution in [3.63, 3.8) is 0 Å². The molecule has 0 aliphatic carbocycles. The third-order valence-electron chi connectivity index (χ3n) is 1.57. The van der Waals surface area contributed by atoms with Crippen LogP contribution in [0.5, 0.6) is 0 Å². The molecule has 12 heavy (non-hydrogen) atoms. The average molecular weight is 168 g/mol. The molecule has 1 heterocycles. The summed E-state index contributed by atoms with van der Waals surface area (Å²) >= 11 is 0. The van der Waals surface area contributed by atoms with Gasteiger partial charge in [0.2, 0.25) is 0 Å². The largest absolute Gasteiger partial charge is 0.477 e. The minimum absolute atomic E-state index is 0.0878. The van der Waals surface area contributed by atoms with E-state index in [2.05, 4.69) is 5.10 Å². The standard InChI is InChI=1S/C8H12N2O2/c1-5(2)10-7(8(11)12)4-6(3)9-10/h4-5H,1-3H3,(H,11,12). The van der Waals surface area contributed by atoms with Crippen LogP contribution in [-0.4, -0.2) is 20.9 Å². The van der Waals surface area contributed by atoms with E-state index < -0.39 is 5.97 Å². The van der Waals surface area contributed by atoms with Crippen LogP contribution in [0.15, 0.2) is 6.07 Å². The molecule has 0 radical (unpaired) electrons. The lowest BCUT2D eigenvalue weighted by atomic mass is 10.3. The van der Waals surface area contributed by atoms with E-state index in [1.807, 2.05) is 13.8 Å². The zero-order chi connectivity index (χ0) is 9.30. The van der Waals surface area contributed by atoms with E-state index in [0.717, 1.165) is 5.69 Å². The number of rotatable bonds is 2. The van der Waals surface area contributed by atoms with Gasteiger partial charge in [-0.3, -0.25) is 4.68 Å². The van der Waals surface area contributed by atoms with Gasteiger partial charge in [0.25, 0.3) is 0 Å². The second kappa shape index (κ2) is 2.97. The van der Waals surface area contributed by atoms with Crippen LogP contribution >= 0.6 is 0 Å². The lowest BCUT2D eigenvalue weighted by Gasteiger charge is -2.06. The van der Waals surface area contributed by atoms with Gasteiger partial charge in [-0.15, -0.1) is 0 Å². The molecule has 0 atom stereocenters. The van der Waals surface area contributed by atoms with Crippen molar-refractivity contribution in [3.05, 3.63) is 17.5 Å². The van der Waals surface area contributed by atoms with Crippen molar-refractivity contribution in [3.8, 4) is 0 Å². The second-order valence-electron chi connectivity index (χ2n) is 3.01. The summed E-state index contributed by atoms with van der Waals surface area (Å²) < 4.78 is 1.51. The highest BCUT2D eigenvalue weighted by Crippen LogP contribution is 2.10. The molecule has 0 amide bonds. The van der Waals surface area contributed by atoms with Crippen LogP contribution in [0.2, 0.25) is 0 Å². The third-order valence-corrected chi connectivity index (χ3v) is 1.57. The number of carboxylic acid groups (broad SMARTS) is 1. The first-order valence-electron chi connectivity index (χ1n) is 3.82. The molecule has 4 nitrogen and oxygen atoms in total. The Bertz CT molecular complexity index is 302. The van der Waals surface area contributed by atoms with Crippen LogP contribution in [0.25, 0.3) is 0 Å². The number of hydrogen-bond donors (Lipinski definition) is 1. The van der Waals surface area contributed by atoms with Crippen LogP contribution < -0.4 is 0 Å². The molecule has 0 fully saturated rings. The molecule has 0 bridgehead atoms. The van der Waals surface area contributed by atoms with Gasteiger partial charge in [-0.2, -0.15) is 5.10 Å². The smallest absolute Gasteiger partial charge is 0.354 e. The van der Waals surface area contributed by atoms with Crippen molar-refractivity contribution < 1.29 is 9.90 Å². The van der Waals surface area contributed by atoms with Crippen LogP contribution in [-0.2, 0) is 0 Å². The van der Waals surface area contributed by atoms with Gasteiger partial charge in [-0.05, 0) is 26.8 Å². The fraction of sp³-hybridized carbons (Fsp3) is 0.500. The van der Waals surface area contributed by atoms with Crippen molar-refractivity contribution in [1.29, 1.82) is 0 Å². The Morgan fingerprint density at radius 3 is 2.58 bits per heavy atom. The van der Waals surface area contributed by atoms with Gasteiger partial charge in [0, 0.05) is 6.04 Å². The number of hydrogen-bond acceptors (Lipinski definition) is 2. The second-order valence-corrected chi connectivity index (χ2v) is 3.01. The molecule has 0 spiro atoms. The molecule has 1 aromatic heterocycles. The zero-order valence-corrected chi connectivity index (χ0v) is 7.40. The maximum atomic E-state index is 10.7. The van der Waals surface area contributed by atoms with Gasteiger partial charge in [0.1, 0.15) is 5.69 Å². The molecule has 66 valence electrons. The molecular weight excluding hydrogens is 156 g/mol. The molecular formula is C8H12N2O2. The monoisotopic (exact) mass is 168 g/mol. The predicted octanol–water partition coefficient (Wildman–Crippen LogP) is 1.47. The molecule has 0 unspecified atom stereocenters. The van der Waals surface area contributed by atoms with Crippen molar-refractivity contribution in [2.24, 2.45) is 0 Å². The van der Waals surface area contributed by atoms with Crippen LogP contribution in [0, 0.1) is 6.92 Å². The van der Waals surface area contributed by atoms with E-state index in [1.54, 1.807) is 13.0 Å². The maximum Gasteiger partial charge on any atom is 0.354 e. The van der Waals surface area contributed by atoms with Crippen molar-refractivity contribution in [2.75, 3.05) is 0 Å². The van der Waals surface area contributed by atoms with Crippen LogP contribution in [0.3, 0.4) is 0 Å². The molecule has 1 rings (SSSR count). The highest BCUT2D eigenvalue weighted by atomic mass is 16.4. The molecule has 0 saturated carbocycles. The van der Waals surface area contributed by atoms with E-state index in [0.29, 0.717) is 0 Å². The Hall–Kier alpha value is -1.32. The summed E-state index contributed by atoms with van der Waals surface area (Å²) in [6.45, 7) is 5.59. The minimum Gasteiger partial charge on any atom is -0.477 e. The number of carbonyl (C=O) groups is 1. The highest BCUT2D eigenvalue weighted by Gasteiger charge is 2.13. The number of aromatic nitrogens is 2. The minimum atomic E-state index is -0.927. The number of carboxylic acids is 1. The SMILES string of the molecule is Cc1cc(C(=O)O)n(C(C)C)n1. The summed E-state index contributed by atoms with van der Waals surface area (Å²) in [5.41, 5.74) is 0.989. The zero-order valence-electron chi connectivity index (χ0n) is 7.40. The van der Waals surface area contributed by atoms with Crippen molar-refractivity contribution >= 4 is 5.97 Å². The fourth-order valence-electron chi connectivity index (χ4n) is 1.07. The van der Waals surface area contributed by atoms with E-state index in [9.17, 15) is 4.79 Å². The summed E-state index contributed by atoms with van der Waals surface area (Å²) in [7, 11) is 0. The average Bonchev–Trinajstić information content (AvgIpc) is 2.31. The van der Waals surface area contributed by atoms with Gasteiger partial charge in [0.05, 0.1) is 5.69 Å². The van der Waals surface area contributed by atoms with Gasteiger partial charge >= 0.3 is 5.97 Å². The first kappa shape index (κ1) is 8.77. The molecule has 0 saturated heterocycles. The van der Waals surface area contributed by atoms with E-state index in [4.69, 9.17) is 5.11 Å². The molecule has 4 heteroatoms. The van der Waals surface area contributed by atoms with Crippen molar-refractivity contribution in [1.82, 2.24) is 9.78 Å². The Balaban J connectivity index is 3.17. The van der Waals surface area contributed by atoms with Gasteiger partial charge in [0.15, 0.2) is 0 Å². The summed E-state index contributed by atoms with van der Waals surface area (Å²) in [4.78, 5) is 10.7. The molecule has 0 aliphatic heterocycles. The molecule has 0 aliphatic rings. The van der Waals surface area contributed by atoms with Crippen LogP contribution in [0.1, 0.15) is 36.1 Å². The Morgan fingerprint density at radius 2 is 2.25 bits per heavy atom. The molecule has 0 aromatic carbocycles. The fourth-order valence-corrected chi connectivity index (χ4v) is 1.07. The number of nitrogens with zero attached hydrogens (tertiary/aromatic N) is 2. The normalized spacial score (nSPS) is 10.7. The lowest BCUT2D eigenvalue weighted by molar-refractivity contribution is 0.0681. The number of aryl methyl sites for hydroxylation is 1. The first-order valence-corrected chi connectivity index (χ1v) is 3.82. The molecule has 1 N–H and O–H groups in total. The topological polar surface area (TPSA) is 55.1 Å². The summed E-state index contributed by atoms with van der Waals surface area (Å²) in [5, 5.41) is 12.8. The van der Waals surface area contributed by atoms with Crippen LogP contribution in [0.4, 0.5) is 0 Å². The van der Waals surface area contributed by atoms with E-state index >= 15 is 0 Å². The molecule has 1 aromatic rings. The summed E-state index contributed by atoms with van der Waals surface area (Å²) in [6, 6.07) is 1.66. The summed E-state index contributed by atoms with van der Waals surface area (Å²) in [6.07, 6.45) is 0. The summed E-state index contributed by atoms with van der Waals surface area (Å²) in [5.74, 6) is -0.927. The Kier molecular flexibility index (Phi) is 2.17. The maximum absolute atomic E-state index is 10.7.